The molecule has 0 unspecified atom stereocenters. The summed E-state index contributed by atoms with van der Waals surface area (Å²) in [6, 6.07) is 3.46. The molecule has 0 aliphatic carbocycles. The lowest BCUT2D eigenvalue weighted by atomic mass is 10.1. The van der Waals surface area contributed by atoms with E-state index in [0.717, 1.165) is 12.6 Å². The van der Waals surface area contributed by atoms with Crippen LogP contribution in [0.2, 0.25) is 0 Å². The number of alkyl halides is 2. The molecule has 1 rings (SSSR count). The number of halogens is 2. The van der Waals surface area contributed by atoms with Crippen molar-refractivity contribution >= 4 is 11.4 Å². The van der Waals surface area contributed by atoms with Crippen LogP contribution < -0.4 is 5.32 Å². The van der Waals surface area contributed by atoms with Crippen LogP contribution in [-0.2, 0) is 0 Å². The van der Waals surface area contributed by atoms with Gasteiger partial charge >= 0.3 is 0 Å². The molecular weight excluding hydrogens is 256 g/mol. The Hall–Kier alpha value is -1.76. The maximum Gasteiger partial charge on any atom is 0.270 e. The minimum absolute atomic E-state index is 0.241. The zero-order valence-corrected chi connectivity index (χ0v) is 10.9. The van der Waals surface area contributed by atoms with Crippen molar-refractivity contribution in [2.45, 2.75) is 13.3 Å². The van der Waals surface area contributed by atoms with Gasteiger partial charge in [0, 0.05) is 36.5 Å². The van der Waals surface area contributed by atoms with Crippen molar-refractivity contribution in [2.75, 3.05) is 32.0 Å². The first kappa shape index (κ1) is 15.3. The second-order valence-electron chi connectivity index (χ2n) is 4.15. The summed E-state index contributed by atoms with van der Waals surface area (Å²) < 4.78 is 25.7. The molecule has 0 radical (unpaired) electrons. The summed E-state index contributed by atoms with van der Waals surface area (Å²) in [5.74, 6) is 0. The fourth-order valence-electron chi connectivity index (χ4n) is 1.54. The van der Waals surface area contributed by atoms with Crippen LogP contribution in [0.15, 0.2) is 18.2 Å². The predicted octanol–water partition coefficient (Wildman–Crippen LogP) is 2.90. The van der Waals surface area contributed by atoms with E-state index in [0.29, 0.717) is 13.1 Å². The molecule has 1 aromatic rings. The quantitative estimate of drug-likeness (QED) is 0.613. The molecule has 0 aliphatic heterocycles. The van der Waals surface area contributed by atoms with Crippen LogP contribution in [0, 0.1) is 10.1 Å². The highest BCUT2D eigenvalue weighted by Gasteiger charge is 2.17. The maximum atomic E-state index is 12.8. The molecule has 0 heterocycles. The number of non-ortho nitro benzene ring substituents is 1. The Morgan fingerprint density at radius 1 is 1.47 bits per heavy atom. The van der Waals surface area contributed by atoms with Crippen LogP contribution in [0.1, 0.15) is 18.9 Å². The highest BCUT2D eigenvalue weighted by atomic mass is 19.3. The van der Waals surface area contributed by atoms with Gasteiger partial charge in [-0.2, -0.15) is 0 Å². The second-order valence-corrected chi connectivity index (χ2v) is 4.15. The van der Waals surface area contributed by atoms with E-state index in [4.69, 9.17) is 0 Å². The van der Waals surface area contributed by atoms with Crippen LogP contribution in [0.3, 0.4) is 0 Å². The van der Waals surface area contributed by atoms with E-state index in [-0.39, 0.29) is 16.9 Å². The molecule has 0 fully saturated rings. The van der Waals surface area contributed by atoms with Gasteiger partial charge in [0.25, 0.3) is 12.1 Å². The molecule has 106 valence electrons. The number of rotatable bonds is 7. The van der Waals surface area contributed by atoms with Gasteiger partial charge in [-0.25, -0.2) is 8.78 Å². The first-order valence-electron chi connectivity index (χ1n) is 5.94. The third kappa shape index (κ3) is 4.44. The van der Waals surface area contributed by atoms with Gasteiger partial charge in [-0.1, -0.05) is 6.92 Å². The monoisotopic (exact) mass is 273 g/mol. The Kier molecular flexibility index (Phi) is 5.62. The van der Waals surface area contributed by atoms with E-state index in [1.807, 2.05) is 18.9 Å². The van der Waals surface area contributed by atoms with E-state index in [2.05, 4.69) is 5.32 Å². The molecule has 0 aromatic heterocycles. The summed E-state index contributed by atoms with van der Waals surface area (Å²) in [7, 11) is 1.92. The lowest BCUT2D eigenvalue weighted by Crippen LogP contribution is -2.25. The molecule has 0 atom stereocenters. The Bertz CT molecular complexity index is 441. The Labute approximate surface area is 110 Å². The summed E-state index contributed by atoms with van der Waals surface area (Å²) in [5, 5.41) is 13.4. The number of nitrogens with one attached hydrogen (secondary N) is 1. The highest BCUT2D eigenvalue weighted by Crippen LogP contribution is 2.30. The second kappa shape index (κ2) is 6.98. The maximum absolute atomic E-state index is 12.8. The smallest absolute Gasteiger partial charge is 0.270 e. The number of benzene rings is 1. The Balaban J connectivity index is 2.79. The normalized spacial score (nSPS) is 11.1. The number of likely N-dealkylation sites (N-methyl/N-ethyl adjacent to an activating group) is 1. The average Bonchev–Trinajstić information content (AvgIpc) is 2.38. The SMILES string of the molecule is CCN(C)CCNc1ccc([N+](=O)[O-])cc1C(F)F. The van der Waals surface area contributed by atoms with Gasteiger partial charge < -0.3 is 10.2 Å². The minimum Gasteiger partial charge on any atom is -0.383 e. The van der Waals surface area contributed by atoms with E-state index >= 15 is 0 Å². The number of nitro groups is 1. The molecule has 0 spiro atoms. The number of nitrogens with zero attached hydrogens (tertiary/aromatic N) is 2. The standard InChI is InChI=1S/C12H17F2N3O2/c1-3-16(2)7-6-15-11-5-4-9(17(18)19)8-10(11)12(13)14/h4-5,8,12,15H,3,6-7H2,1-2H3. The van der Waals surface area contributed by atoms with Crippen LogP contribution in [0.25, 0.3) is 0 Å². The van der Waals surface area contributed by atoms with Crippen molar-refractivity contribution in [3.8, 4) is 0 Å². The van der Waals surface area contributed by atoms with Crippen LogP contribution in [0.4, 0.5) is 20.2 Å². The third-order valence-corrected chi connectivity index (χ3v) is 2.83. The van der Waals surface area contributed by atoms with Crippen molar-refractivity contribution in [1.82, 2.24) is 4.90 Å². The van der Waals surface area contributed by atoms with Crippen molar-refractivity contribution in [2.24, 2.45) is 0 Å². The summed E-state index contributed by atoms with van der Waals surface area (Å²) in [4.78, 5) is 11.9. The number of anilines is 1. The topological polar surface area (TPSA) is 58.4 Å². The lowest BCUT2D eigenvalue weighted by molar-refractivity contribution is -0.385. The van der Waals surface area contributed by atoms with Gasteiger partial charge in [0.1, 0.15) is 0 Å². The van der Waals surface area contributed by atoms with Crippen LogP contribution in [0.5, 0.6) is 0 Å². The first-order chi connectivity index (χ1) is 8.95. The third-order valence-electron chi connectivity index (χ3n) is 2.83. The summed E-state index contributed by atoms with van der Waals surface area (Å²) >= 11 is 0. The van der Waals surface area contributed by atoms with Gasteiger partial charge in [0.05, 0.1) is 4.92 Å². The summed E-state index contributed by atoms with van der Waals surface area (Å²) in [5.41, 5.74) is -0.426. The molecule has 7 heteroatoms. The van der Waals surface area contributed by atoms with Crippen LogP contribution >= 0.6 is 0 Å². The molecule has 0 saturated heterocycles. The zero-order chi connectivity index (χ0) is 14.4. The summed E-state index contributed by atoms with van der Waals surface area (Å²) in [6.07, 6.45) is -2.74. The van der Waals surface area contributed by atoms with Crippen molar-refractivity contribution in [1.29, 1.82) is 0 Å². The van der Waals surface area contributed by atoms with Gasteiger partial charge in [-0.15, -0.1) is 0 Å². The predicted molar refractivity (Wildman–Crippen MR) is 69.7 cm³/mol. The molecule has 0 amide bonds. The molecule has 1 N–H and O–H groups in total. The van der Waals surface area contributed by atoms with Gasteiger partial charge in [0.15, 0.2) is 0 Å². The largest absolute Gasteiger partial charge is 0.383 e. The molecule has 1 aromatic carbocycles. The highest BCUT2D eigenvalue weighted by molar-refractivity contribution is 5.56. The molecule has 19 heavy (non-hydrogen) atoms. The number of nitro benzene ring substituents is 1. The lowest BCUT2D eigenvalue weighted by Gasteiger charge is -2.16. The fraction of sp³-hybridized carbons (Fsp3) is 0.500. The van der Waals surface area contributed by atoms with E-state index in [1.54, 1.807) is 0 Å². The molecular formula is C12H17F2N3O2. The Morgan fingerprint density at radius 2 is 2.16 bits per heavy atom. The first-order valence-corrected chi connectivity index (χ1v) is 5.94. The fourth-order valence-corrected chi connectivity index (χ4v) is 1.54. The molecule has 0 saturated carbocycles. The Morgan fingerprint density at radius 3 is 2.68 bits per heavy atom. The van der Waals surface area contributed by atoms with E-state index < -0.39 is 11.3 Å². The van der Waals surface area contributed by atoms with Gasteiger partial charge in [-0.3, -0.25) is 10.1 Å². The molecule has 0 bridgehead atoms. The number of hydrogen-bond donors (Lipinski definition) is 1. The van der Waals surface area contributed by atoms with Crippen LogP contribution in [-0.4, -0.2) is 36.5 Å². The minimum atomic E-state index is -2.74. The zero-order valence-electron chi connectivity index (χ0n) is 10.9. The summed E-state index contributed by atoms with van der Waals surface area (Å²) in [6.45, 7) is 4.07. The van der Waals surface area contributed by atoms with E-state index in [1.165, 1.54) is 12.1 Å². The van der Waals surface area contributed by atoms with E-state index in [9.17, 15) is 18.9 Å². The van der Waals surface area contributed by atoms with Crippen molar-refractivity contribution in [3.05, 3.63) is 33.9 Å². The van der Waals surface area contributed by atoms with Gasteiger partial charge in [0.2, 0.25) is 0 Å². The average molecular weight is 273 g/mol. The van der Waals surface area contributed by atoms with Crippen molar-refractivity contribution < 1.29 is 13.7 Å². The molecule has 0 aliphatic rings. The van der Waals surface area contributed by atoms with Gasteiger partial charge in [-0.05, 0) is 19.7 Å². The molecule has 5 nitrogen and oxygen atoms in total. The van der Waals surface area contributed by atoms with Crippen molar-refractivity contribution in [3.63, 3.8) is 0 Å². The number of hydrogen-bond acceptors (Lipinski definition) is 4.